The summed E-state index contributed by atoms with van der Waals surface area (Å²) in [5, 5.41) is 6.98. The first-order valence-electron chi connectivity index (χ1n) is 9.59. The fourth-order valence-corrected chi connectivity index (χ4v) is 2.98. The lowest BCUT2D eigenvalue weighted by atomic mass is 10.1. The Morgan fingerprint density at radius 3 is 2.79 bits per heavy atom. The number of ether oxygens (including phenoxy) is 2. The molecule has 29 heavy (non-hydrogen) atoms. The predicted octanol–water partition coefficient (Wildman–Crippen LogP) is 3.36. The molecule has 2 aromatic heterocycles. The molecule has 4 rings (SSSR count). The van der Waals surface area contributed by atoms with Gasteiger partial charge in [0, 0.05) is 11.6 Å². The fraction of sp³-hybridized carbons (Fsp3) is 0.333. The first-order valence-corrected chi connectivity index (χ1v) is 9.59. The van der Waals surface area contributed by atoms with Gasteiger partial charge in [-0.1, -0.05) is 0 Å². The normalized spacial score (nSPS) is 14.6. The topological polar surface area (TPSA) is 90.9 Å². The quantitative estimate of drug-likeness (QED) is 0.609. The lowest BCUT2D eigenvalue weighted by molar-refractivity contribution is 0.233. The number of urea groups is 1. The Morgan fingerprint density at radius 2 is 2.07 bits per heavy atom. The number of carbonyl (C=O) groups is 1. The molecule has 1 saturated carbocycles. The molecule has 1 fully saturated rings. The van der Waals surface area contributed by atoms with Gasteiger partial charge in [0.2, 0.25) is 0 Å². The summed E-state index contributed by atoms with van der Waals surface area (Å²) in [5.74, 6) is 1.35. The molecule has 2 heterocycles. The first-order chi connectivity index (χ1) is 14.0. The van der Waals surface area contributed by atoms with Crippen molar-refractivity contribution in [3.8, 4) is 22.8 Å². The van der Waals surface area contributed by atoms with Gasteiger partial charge in [0.25, 0.3) is 0 Å². The molecule has 0 radical (unpaired) electrons. The van der Waals surface area contributed by atoms with Gasteiger partial charge in [-0.2, -0.15) is 5.10 Å². The third kappa shape index (κ3) is 4.77. The van der Waals surface area contributed by atoms with Crippen LogP contribution < -0.4 is 20.5 Å². The lowest BCUT2D eigenvalue weighted by Gasteiger charge is -2.13. The Labute approximate surface area is 167 Å². The van der Waals surface area contributed by atoms with E-state index < -0.39 is 11.8 Å². The van der Waals surface area contributed by atoms with Gasteiger partial charge in [0.1, 0.15) is 23.9 Å². The molecule has 0 spiro atoms. The number of hydrogen-bond donors (Lipinski definition) is 2. The van der Waals surface area contributed by atoms with Crippen molar-refractivity contribution in [1.82, 2.24) is 14.9 Å². The zero-order chi connectivity index (χ0) is 20.4. The molecule has 3 N–H and O–H groups in total. The number of aromatic nitrogens is 2. The van der Waals surface area contributed by atoms with E-state index in [1.807, 2.05) is 24.4 Å². The molecule has 1 atom stereocenters. The molecule has 2 amide bonds. The van der Waals surface area contributed by atoms with Crippen molar-refractivity contribution in [2.24, 2.45) is 11.7 Å². The molecular formula is C21H23FN4O3. The number of carbonyl (C=O) groups excluding carboxylic acids is 1. The standard InChI is InChI=1S/C21H23FN4O3/c1-13(24-21(23)27)11-28-16-6-7-18(19(22)9-16)20-8-15-4-5-17(10-26(15)25-20)29-12-14-2-3-14/h4-10,13-14H,2-3,11-12H2,1H3,(H3,23,24,27)/t13-/m0/s1. The van der Waals surface area contributed by atoms with E-state index in [-0.39, 0.29) is 12.6 Å². The number of hydrogen-bond acceptors (Lipinski definition) is 4. The van der Waals surface area contributed by atoms with Crippen LogP contribution in [0.4, 0.5) is 9.18 Å². The average molecular weight is 398 g/mol. The van der Waals surface area contributed by atoms with Crippen LogP contribution in [-0.4, -0.2) is 34.9 Å². The number of nitrogens with zero attached hydrogens (tertiary/aromatic N) is 2. The van der Waals surface area contributed by atoms with Crippen LogP contribution in [0.25, 0.3) is 16.8 Å². The number of amides is 2. The predicted molar refractivity (Wildman–Crippen MR) is 106 cm³/mol. The third-order valence-corrected chi connectivity index (χ3v) is 4.72. The van der Waals surface area contributed by atoms with Crippen molar-refractivity contribution in [3.05, 3.63) is 48.4 Å². The van der Waals surface area contributed by atoms with Gasteiger partial charge < -0.3 is 20.5 Å². The van der Waals surface area contributed by atoms with Crippen molar-refractivity contribution in [3.63, 3.8) is 0 Å². The summed E-state index contributed by atoms with van der Waals surface area (Å²) in [7, 11) is 0. The molecule has 0 saturated heterocycles. The van der Waals surface area contributed by atoms with E-state index in [1.54, 1.807) is 23.6 Å². The van der Waals surface area contributed by atoms with Crippen LogP contribution in [0.3, 0.4) is 0 Å². The molecule has 152 valence electrons. The highest BCUT2D eigenvalue weighted by Gasteiger charge is 2.22. The number of nitrogens with one attached hydrogen (secondary N) is 1. The number of primary amides is 1. The van der Waals surface area contributed by atoms with E-state index in [9.17, 15) is 9.18 Å². The van der Waals surface area contributed by atoms with E-state index in [2.05, 4.69) is 10.4 Å². The fourth-order valence-electron chi connectivity index (χ4n) is 2.98. The van der Waals surface area contributed by atoms with E-state index in [0.717, 1.165) is 17.9 Å². The summed E-state index contributed by atoms with van der Waals surface area (Å²) >= 11 is 0. The van der Waals surface area contributed by atoms with Gasteiger partial charge in [0.15, 0.2) is 0 Å². The highest BCUT2D eigenvalue weighted by Crippen LogP contribution is 2.30. The minimum atomic E-state index is -0.629. The van der Waals surface area contributed by atoms with Crippen LogP contribution in [-0.2, 0) is 0 Å². The maximum atomic E-state index is 14.7. The van der Waals surface area contributed by atoms with Gasteiger partial charge in [-0.3, -0.25) is 0 Å². The van der Waals surface area contributed by atoms with Gasteiger partial charge in [-0.15, -0.1) is 0 Å². The zero-order valence-corrected chi connectivity index (χ0v) is 16.1. The Bertz CT molecular complexity index is 1030. The van der Waals surface area contributed by atoms with E-state index >= 15 is 0 Å². The van der Waals surface area contributed by atoms with Crippen molar-refractivity contribution in [2.75, 3.05) is 13.2 Å². The maximum absolute atomic E-state index is 14.7. The van der Waals surface area contributed by atoms with E-state index in [4.69, 9.17) is 15.2 Å². The summed E-state index contributed by atoms with van der Waals surface area (Å²) < 4.78 is 27.6. The van der Waals surface area contributed by atoms with Crippen LogP contribution in [0.15, 0.2) is 42.6 Å². The van der Waals surface area contributed by atoms with Crippen LogP contribution >= 0.6 is 0 Å². The Kier molecular flexibility index (Phi) is 5.24. The van der Waals surface area contributed by atoms with Crippen LogP contribution in [0, 0.1) is 11.7 Å². The van der Waals surface area contributed by atoms with Crippen LogP contribution in [0.5, 0.6) is 11.5 Å². The maximum Gasteiger partial charge on any atom is 0.312 e. The van der Waals surface area contributed by atoms with E-state index in [1.165, 1.54) is 18.9 Å². The van der Waals surface area contributed by atoms with Crippen molar-refractivity contribution in [1.29, 1.82) is 0 Å². The van der Waals surface area contributed by atoms with Crippen LogP contribution in [0.2, 0.25) is 0 Å². The molecule has 1 aliphatic carbocycles. The van der Waals surface area contributed by atoms with Crippen molar-refractivity contribution < 1.29 is 18.7 Å². The zero-order valence-electron chi connectivity index (χ0n) is 16.1. The smallest absolute Gasteiger partial charge is 0.312 e. The minimum Gasteiger partial charge on any atom is -0.492 e. The van der Waals surface area contributed by atoms with Gasteiger partial charge in [-0.05, 0) is 56.0 Å². The first kappa shape index (κ1) is 19.0. The summed E-state index contributed by atoms with van der Waals surface area (Å²) in [6.07, 6.45) is 4.27. The summed E-state index contributed by atoms with van der Waals surface area (Å²) in [5.41, 5.74) is 6.82. The number of pyridine rings is 1. The summed E-state index contributed by atoms with van der Waals surface area (Å²) in [6.45, 7) is 2.65. The van der Waals surface area contributed by atoms with Gasteiger partial charge in [-0.25, -0.2) is 13.7 Å². The molecule has 1 aliphatic rings. The Balaban J connectivity index is 1.47. The van der Waals surface area contributed by atoms with Crippen LogP contribution in [0.1, 0.15) is 19.8 Å². The minimum absolute atomic E-state index is 0.180. The average Bonchev–Trinajstić information content (AvgIpc) is 3.41. The number of benzene rings is 1. The molecule has 1 aromatic carbocycles. The van der Waals surface area contributed by atoms with Crippen molar-refractivity contribution in [2.45, 2.75) is 25.8 Å². The second kappa shape index (κ2) is 7.98. The summed E-state index contributed by atoms with van der Waals surface area (Å²) in [6, 6.07) is 9.31. The van der Waals surface area contributed by atoms with Gasteiger partial charge in [0.05, 0.1) is 30.1 Å². The lowest BCUT2D eigenvalue weighted by Crippen LogP contribution is -2.40. The van der Waals surface area contributed by atoms with Gasteiger partial charge >= 0.3 is 6.03 Å². The molecule has 0 unspecified atom stereocenters. The number of halogens is 1. The second-order valence-electron chi connectivity index (χ2n) is 7.38. The third-order valence-electron chi connectivity index (χ3n) is 4.72. The molecule has 0 bridgehead atoms. The molecule has 7 nitrogen and oxygen atoms in total. The molecule has 8 heteroatoms. The molecule has 0 aliphatic heterocycles. The van der Waals surface area contributed by atoms with E-state index in [0.29, 0.717) is 22.9 Å². The highest BCUT2D eigenvalue weighted by molar-refractivity contribution is 5.72. The number of fused-ring (bicyclic) bond motifs is 1. The second-order valence-corrected chi connectivity index (χ2v) is 7.38. The number of rotatable bonds is 8. The number of nitrogens with two attached hydrogens (primary N) is 1. The molecule has 3 aromatic rings. The monoisotopic (exact) mass is 398 g/mol. The highest BCUT2D eigenvalue weighted by atomic mass is 19.1. The Hall–Kier alpha value is -3.29. The van der Waals surface area contributed by atoms with Crippen molar-refractivity contribution >= 4 is 11.5 Å². The summed E-state index contributed by atoms with van der Waals surface area (Å²) in [4.78, 5) is 10.8. The molecular weight excluding hydrogens is 375 g/mol. The SMILES string of the molecule is C[C@@H](COc1ccc(-c2cc3ccc(OCC4CC4)cn3n2)c(F)c1)NC(N)=O. The largest absolute Gasteiger partial charge is 0.492 e. The Morgan fingerprint density at radius 1 is 1.28 bits per heavy atom.